The lowest BCUT2D eigenvalue weighted by Crippen LogP contribution is -2.11. The molecule has 0 unspecified atom stereocenters. The van der Waals surface area contributed by atoms with Crippen LogP contribution < -0.4 is 5.32 Å². The minimum atomic E-state index is -0.149. The van der Waals surface area contributed by atoms with Crippen LogP contribution in [0.3, 0.4) is 0 Å². The Labute approximate surface area is 134 Å². The van der Waals surface area contributed by atoms with Crippen LogP contribution in [0, 0.1) is 11.8 Å². The van der Waals surface area contributed by atoms with E-state index in [4.69, 9.17) is 0 Å². The number of carbonyl (C=O) groups excluding carboxylic acids is 1. The van der Waals surface area contributed by atoms with E-state index in [0.29, 0.717) is 16.4 Å². The van der Waals surface area contributed by atoms with Gasteiger partial charge in [-0.1, -0.05) is 30.2 Å². The van der Waals surface area contributed by atoms with Gasteiger partial charge in [0.1, 0.15) is 5.69 Å². The van der Waals surface area contributed by atoms with E-state index in [1.165, 1.54) is 29.8 Å². The van der Waals surface area contributed by atoms with Crippen molar-refractivity contribution < 1.29 is 4.79 Å². The molecule has 1 aliphatic carbocycles. The molecule has 0 spiro atoms. The van der Waals surface area contributed by atoms with Crippen LogP contribution in [0.5, 0.6) is 0 Å². The molecule has 4 heteroatoms. The van der Waals surface area contributed by atoms with Gasteiger partial charge in [-0.25, -0.2) is 4.98 Å². The number of hydrogen-bond donors (Lipinski definition) is 1. The molecule has 1 N–H and O–H groups in total. The van der Waals surface area contributed by atoms with Gasteiger partial charge >= 0.3 is 0 Å². The summed E-state index contributed by atoms with van der Waals surface area (Å²) in [5.74, 6) is 6.11. The fourth-order valence-corrected chi connectivity index (χ4v) is 2.88. The Morgan fingerprint density at radius 1 is 1.18 bits per heavy atom. The predicted molar refractivity (Wildman–Crippen MR) is 89.9 cm³/mol. The maximum absolute atomic E-state index is 12.0. The third-order valence-electron chi connectivity index (χ3n) is 3.40. The number of thiazole rings is 1. The standard InChI is InChI=1S/C18H16N2OS/c21-17(15-9-5-2-6-10-15)20-18-19-16(13-22-18)12-11-14-7-3-1-4-8-14/h2,5-7,9-10,13H,1,3-4,8H2,(H,19,20,21). The molecule has 0 radical (unpaired) electrons. The number of carbonyl (C=O) groups is 1. The third kappa shape index (κ3) is 3.84. The largest absolute Gasteiger partial charge is 0.298 e. The summed E-state index contributed by atoms with van der Waals surface area (Å²) in [5.41, 5.74) is 2.53. The second-order valence-electron chi connectivity index (χ2n) is 5.08. The topological polar surface area (TPSA) is 42.0 Å². The van der Waals surface area contributed by atoms with Crippen molar-refractivity contribution in [2.75, 3.05) is 5.32 Å². The van der Waals surface area contributed by atoms with E-state index in [1.807, 2.05) is 23.6 Å². The van der Waals surface area contributed by atoms with Crippen molar-refractivity contribution >= 4 is 22.4 Å². The van der Waals surface area contributed by atoms with E-state index in [2.05, 4.69) is 28.2 Å². The van der Waals surface area contributed by atoms with Gasteiger partial charge in [-0.3, -0.25) is 10.1 Å². The number of aromatic nitrogens is 1. The molecule has 2 aromatic rings. The van der Waals surface area contributed by atoms with Crippen molar-refractivity contribution in [3.8, 4) is 11.8 Å². The van der Waals surface area contributed by atoms with Gasteiger partial charge in [0.15, 0.2) is 5.13 Å². The molecule has 0 fully saturated rings. The van der Waals surface area contributed by atoms with Gasteiger partial charge in [0.2, 0.25) is 0 Å². The first-order valence-electron chi connectivity index (χ1n) is 7.34. The van der Waals surface area contributed by atoms with E-state index in [-0.39, 0.29) is 5.91 Å². The van der Waals surface area contributed by atoms with Crippen molar-refractivity contribution in [2.45, 2.75) is 25.7 Å². The zero-order chi connectivity index (χ0) is 15.2. The molecule has 1 aromatic carbocycles. The molecule has 0 saturated heterocycles. The van der Waals surface area contributed by atoms with Crippen molar-refractivity contribution in [2.24, 2.45) is 0 Å². The smallest absolute Gasteiger partial charge is 0.257 e. The number of hydrogen-bond acceptors (Lipinski definition) is 3. The first kappa shape index (κ1) is 14.6. The fourth-order valence-electron chi connectivity index (χ4n) is 2.24. The highest BCUT2D eigenvalue weighted by molar-refractivity contribution is 7.14. The van der Waals surface area contributed by atoms with Gasteiger partial charge in [-0.05, 0) is 49.3 Å². The molecule has 3 nitrogen and oxygen atoms in total. The number of nitrogens with zero attached hydrogens (tertiary/aromatic N) is 1. The third-order valence-corrected chi connectivity index (χ3v) is 4.16. The van der Waals surface area contributed by atoms with Crippen molar-refractivity contribution in [3.05, 3.63) is 58.6 Å². The Hall–Kier alpha value is -2.38. The van der Waals surface area contributed by atoms with Crippen LogP contribution in [-0.4, -0.2) is 10.9 Å². The lowest BCUT2D eigenvalue weighted by molar-refractivity contribution is 0.102. The quantitative estimate of drug-likeness (QED) is 0.843. The molecule has 0 atom stereocenters. The molecule has 1 aromatic heterocycles. The lowest BCUT2D eigenvalue weighted by Gasteiger charge is -2.05. The van der Waals surface area contributed by atoms with Gasteiger partial charge in [-0.15, -0.1) is 11.3 Å². The van der Waals surface area contributed by atoms with Crippen molar-refractivity contribution in [1.29, 1.82) is 0 Å². The van der Waals surface area contributed by atoms with Crippen LogP contribution >= 0.6 is 11.3 Å². The highest BCUT2D eigenvalue weighted by Gasteiger charge is 2.08. The van der Waals surface area contributed by atoms with Crippen molar-refractivity contribution in [3.63, 3.8) is 0 Å². The van der Waals surface area contributed by atoms with Crippen LogP contribution in [0.15, 0.2) is 47.4 Å². The Morgan fingerprint density at radius 2 is 2.05 bits per heavy atom. The average Bonchev–Trinajstić information content (AvgIpc) is 3.02. The number of benzene rings is 1. The van der Waals surface area contributed by atoms with E-state index < -0.39 is 0 Å². The van der Waals surface area contributed by atoms with Crippen LogP contribution in [-0.2, 0) is 0 Å². The van der Waals surface area contributed by atoms with Crippen LogP contribution in [0.4, 0.5) is 5.13 Å². The maximum atomic E-state index is 12.0. The van der Waals surface area contributed by atoms with Gasteiger partial charge in [-0.2, -0.15) is 0 Å². The molecule has 110 valence electrons. The molecule has 1 heterocycles. The summed E-state index contributed by atoms with van der Waals surface area (Å²) in [6.07, 6.45) is 6.88. The Kier molecular flexibility index (Phi) is 4.67. The Morgan fingerprint density at radius 3 is 2.82 bits per heavy atom. The molecular formula is C18H16N2OS. The summed E-state index contributed by atoms with van der Waals surface area (Å²) in [6, 6.07) is 9.11. The first-order valence-corrected chi connectivity index (χ1v) is 8.22. The summed E-state index contributed by atoms with van der Waals surface area (Å²) in [4.78, 5) is 16.4. The second kappa shape index (κ2) is 7.06. The zero-order valence-corrected chi connectivity index (χ0v) is 13.0. The van der Waals surface area contributed by atoms with E-state index in [1.54, 1.807) is 12.1 Å². The van der Waals surface area contributed by atoms with Gasteiger partial charge in [0, 0.05) is 10.9 Å². The number of amides is 1. The summed E-state index contributed by atoms with van der Waals surface area (Å²) >= 11 is 1.39. The summed E-state index contributed by atoms with van der Waals surface area (Å²) < 4.78 is 0. The minimum Gasteiger partial charge on any atom is -0.298 e. The van der Waals surface area contributed by atoms with E-state index in [0.717, 1.165) is 12.8 Å². The lowest BCUT2D eigenvalue weighted by atomic mass is 10.0. The Bertz CT molecular complexity index is 750. The molecule has 1 aliphatic rings. The molecular weight excluding hydrogens is 292 g/mol. The highest BCUT2D eigenvalue weighted by atomic mass is 32.1. The van der Waals surface area contributed by atoms with Crippen LogP contribution in [0.25, 0.3) is 0 Å². The minimum absolute atomic E-state index is 0.149. The summed E-state index contributed by atoms with van der Waals surface area (Å²) in [7, 11) is 0. The second-order valence-corrected chi connectivity index (χ2v) is 5.94. The number of allylic oxidation sites excluding steroid dienone is 2. The van der Waals surface area contributed by atoms with Crippen LogP contribution in [0.1, 0.15) is 41.7 Å². The average molecular weight is 308 g/mol. The number of anilines is 1. The van der Waals surface area contributed by atoms with E-state index in [9.17, 15) is 4.79 Å². The van der Waals surface area contributed by atoms with Gasteiger partial charge in [0.25, 0.3) is 5.91 Å². The number of nitrogens with one attached hydrogen (secondary N) is 1. The fraction of sp³-hybridized carbons (Fsp3) is 0.222. The summed E-state index contributed by atoms with van der Waals surface area (Å²) in [5, 5.41) is 5.25. The van der Waals surface area contributed by atoms with E-state index >= 15 is 0 Å². The Balaban J connectivity index is 1.65. The predicted octanol–water partition coefficient (Wildman–Crippen LogP) is 4.25. The maximum Gasteiger partial charge on any atom is 0.257 e. The molecule has 3 rings (SSSR count). The molecule has 0 bridgehead atoms. The first-order chi connectivity index (χ1) is 10.8. The van der Waals surface area contributed by atoms with Crippen LogP contribution in [0.2, 0.25) is 0 Å². The molecule has 1 amide bonds. The summed E-state index contributed by atoms with van der Waals surface area (Å²) in [6.45, 7) is 0. The monoisotopic (exact) mass is 308 g/mol. The number of rotatable bonds is 2. The van der Waals surface area contributed by atoms with Gasteiger partial charge < -0.3 is 0 Å². The molecule has 0 saturated carbocycles. The highest BCUT2D eigenvalue weighted by Crippen LogP contribution is 2.18. The zero-order valence-electron chi connectivity index (χ0n) is 12.1. The van der Waals surface area contributed by atoms with Crippen molar-refractivity contribution in [1.82, 2.24) is 4.98 Å². The van der Waals surface area contributed by atoms with Gasteiger partial charge in [0.05, 0.1) is 0 Å². The SMILES string of the molecule is O=C(Nc1nc(C#CC2=CCCCC2)cs1)c1ccccc1. The molecule has 22 heavy (non-hydrogen) atoms. The molecule has 0 aliphatic heterocycles. The normalized spacial score (nSPS) is 13.7.